The van der Waals surface area contributed by atoms with Crippen molar-refractivity contribution in [1.29, 1.82) is 0 Å². The highest BCUT2D eigenvalue weighted by atomic mass is 127. The van der Waals surface area contributed by atoms with Gasteiger partial charge in [-0.1, -0.05) is 0 Å². The van der Waals surface area contributed by atoms with Crippen molar-refractivity contribution in [3.8, 4) is 0 Å². The molecule has 2 aromatic heterocycles. The van der Waals surface area contributed by atoms with E-state index >= 15 is 0 Å². The van der Waals surface area contributed by atoms with Gasteiger partial charge in [0, 0.05) is 16.9 Å². The standard InChI is InChI=1S/C11H11ClIN3O4/c1-19-5-16-10(18)8-6(13)3-15(4-7(17)20-2)9(8)14-11(16)12/h3H,4-5H2,1-2H3. The third kappa shape index (κ3) is 2.67. The molecule has 0 atom stereocenters. The van der Waals surface area contributed by atoms with E-state index in [1.165, 1.54) is 23.4 Å². The Morgan fingerprint density at radius 1 is 1.50 bits per heavy atom. The molecule has 0 aliphatic carbocycles. The SMILES string of the molecule is COCn1c(Cl)nc2c(c(I)cn2CC(=O)OC)c1=O. The van der Waals surface area contributed by atoms with Crippen molar-refractivity contribution >= 4 is 51.2 Å². The van der Waals surface area contributed by atoms with Gasteiger partial charge in [0.1, 0.15) is 13.3 Å². The van der Waals surface area contributed by atoms with Crippen molar-refractivity contribution < 1.29 is 14.3 Å². The molecule has 2 heterocycles. The molecular weight excluding hydrogens is 400 g/mol. The van der Waals surface area contributed by atoms with E-state index in [1.54, 1.807) is 6.20 Å². The maximum atomic E-state index is 12.4. The number of aromatic nitrogens is 3. The van der Waals surface area contributed by atoms with E-state index in [0.29, 0.717) is 14.6 Å². The van der Waals surface area contributed by atoms with Crippen molar-refractivity contribution in [2.45, 2.75) is 13.3 Å². The first-order valence-electron chi connectivity index (χ1n) is 5.50. The zero-order valence-corrected chi connectivity index (χ0v) is 13.6. The molecule has 0 radical (unpaired) electrons. The van der Waals surface area contributed by atoms with Gasteiger partial charge in [-0.15, -0.1) is 0 Å². The topological polar surface area (TPSA) is 75.3 Å². The molecule has 0 unspecified atom stereocenters. The van der Waals surface area contributed by atoms with Crippen LogP contribution in [0, 0.1) is 3.57 Å². The van der Waals surface area contributed by atoms with E-state index in [-0.39, 0.29) is 24.1 Å². The van der Waals surface area contributed by atoms with Crippen LogP contribution in [0.25, 0.3) is 11.0 Å². The van der Waals surface area contributed by atoms with Crippen LogP contribution >= 0.6 is 34.2 Å². The number of halogens is 2. The number of fused-ring (bicyclic) bond motifs is 1. The molecule has 20 heavy (non-hydrogen) atoms. The van der Waals surface area contributed by atoms with E-state index in [1.807, 2.05) is 22.6 Å². The molecule has 0 N–H and O–H groups in total. The molecule has 0 amide bonds. The lowest BCUT2D eigenvalue weighted by Crippen LogP contribution is -2.23. The predicted octanol–water partition coefficient (Wildman–Crippen LogP) is 1.23. The van der Waals surface area contributed by atoms with Crippen LogP contribution in [0.1, 0.15) is 0 Å². The number of carbonyl (C=O) groups excluding carboxylic acids is 1. The molecule has 7 nitrogen and oxygen atoms in total. The van der Waals surface area contributed by atoms with Gasteiger partial charge >= 0.3 is 5.97 Å². The summed E-state index contributed by atoms with van der Waals surface area (Å²) < 4.78 is 13.0. The average Bonchev–Trinajstić information content (AvgIpc) is 2.70. The van der Waals surface area contributed by atoms with Crippen molar-refractivity contribution in [2.24, 2.45) is 0 Å². The van der Waals surface area contributed by atoms with Crippen LogP contribution in [0.4, 0.5) is 0 Å². The Bertz CT molecular complexity index is 725. The van der Waals surface area contributed by atoms with E-state index in [0.717, 1.165) is 0 Å². The van der Waals surface area contributed by atoms with E-state index < -0.39 is 5.97 Å². The molecule has 2 rings (SSSR count). The van der Waals surface area contributed by atoms with Gasteiger partial charge in [-0.3, -0.25) is 14.2 Å². The van der Waals surface area contributed by atoms with E-state index in [9.17, 15) is 9.59 Å². The first-order valence-corrected chi connectivity index (χ1v) is 6.95. The number of hydrogen-bond acceptors (Lipinski definition) is 5. The van der Waals surface area contributed by atoms with Crippen molar-refractivity contribution in [2.75, 3.05) is 14.2 Å². The van der Waals surface area contributed by atoms with Crippen LogP contribution in [-0.2, 0) is 27.5 Å². The fourth-order valence-electron chi connectivity index (χ4n) is 1.76. The van der Waals surface area contributed by atoms with Crippen molar-refractivity contribution in [3.63, 3.8) is 0 Å². The second-order valence-corrected chi connectivity index (χ2v) is 5.41. The lowest BCUT2D eigenvalue weighted by Gasteiger charge is -2.08. The summed E-state index contributed by atoms with van der Waals surface area (Å²) in [4.78, 5) is 27.9. The molecule has 108 valence electrons. The highest BCUT2D eigenvalue weighted by Crippen LogP contribution is 2.20. The summed E-state index contributed by atoms with van der Waals surface area (Å²) in [5.74, 6) is -0.433. The normalized spacial score (nSPS) is 11.0. The number of nitrogens with zero attached hydrogens (tertiary/aromatic N) is 3. The van der Waals surface area contributed by atoms with Gasteiger partial charge in [-0.2, -0.15) is 0 Å². The lowest BCUT2D eigenvalue weighted by molar-refractivity contribution is -0.141. The monoisotopic (exact) mass is 411 g/mol. The largest absolute Gasteiger partial charge is 0.468 e. The molecule has 0 bridgehead atoms. The van der Waals surface area contributed by atoms with Gasteiger partial charge in [0.2, 0.25) is 5.28 Å². The Morgan fingerprint density at radius 3 is 2.80 bits per heavy atom. The average molecular weight is 412 g/mol. The summed E-state index contributed by atoms with van der Waals surface area (Å²) >= 11 is 7.99. The number of ether oxygens (including phenoxy) is 2. The fraction of sp³-hybridized carbons (Fsp3) is 0.364. The Hall–Kier alpha value is -1.13. The van der Waals surface area contributed by atoms with Crippen LogP contribution in [0.15, 0.2) is 11.0 Å². The zero-order chi connectivity index (χ0) is 14.9. The minimum Gasteiger partial charge on any atom is -0.468 e. The number of methoxy groups -OCH3 is 2. The van der Waals surface area contributed by atoms with Gasteiger partial charge in [0.05, 0.1) is 12.5 Å². The second-order valence-electron chi connectivity index (χ2n) is 3.91. The summed E-state index contributed by atoms with van der Waals surface area (Å²) in [5.41, 5.74) is 0.0389. The molecule has 9 heteroatoms. The number of rotatable bonds is 4. The molecule has 0 fully saturated rings. The molecule has 0 aliphatic rings. The fourth-order valence-corrected chi connectivity index (χ4v) is 2.78. The Balaban J connectivity index is 2.66. The van der Waals surface area contributed by atoms with Gasteiger partial charge < -0.3 is 14.0 Å². The summed E-state index contributed by atoms with van der Waals surface area (Å²) in [5, 5.41) is 0.404. The summed E-state index contributed by atoms with van der Waals surface area (Å²) in [6, 6.07) is 0. The highest BCUT2D eigenvalue weighted by Gasteiger charge is 2.18. The van der Waals surface area contributed by atoms with Crippen LogP contribution in [0.5, 0.6) is 0 Å². The van der Waals surface area contributed by atoms with Crippen LogP contribution in [0.3, 0.4) is 0 Å². The van der Waals surface area contributed by atoms with Gasteiger partial charge in [-0.25, -0.2) is 4.98 Å². The third-order valence-electron chi connectivity index (χ3n) is 2.67. The van der Waals surface area contributed by atoms with Crippen LogP contribution in [-0.4, -0.2) is 34.3 Å². The summed E-state index contributed by atoms with van der Waals surface area (Å²) in [6.45, 7) is -0.0219. The maximum Gasteiger partial charge on any atom is 0.325 e. The molecule has 0 spiro atoms. The maximum absolute atomic E-state index is 12.4. The van der Waals surface area contributed by atoms with E-state index in [4.69, 9.17) is 16.3 Å². The minimum absolute atomic E-state index is 0.00460. The first kappa shape index (κ1) is 15.3. The van der Waals surface area contributed by atoms with Crippen molar-refractivity contribution in [3.05, 3.63) is 25.4 Å². The Morgan fingerprint density at radius 2 is 2.20 bits per heavy atom. The molecular formula is C11H11ClIN3O4. The van der Waals surface area contributed by atoms with Crippen molar-refractivity contribution in [1.82, 2.24) is 14.1 Å². The van der Waals surface area contributed by atoms with Gasteiger partial charge in [0.15, 0.2) is 5.65 Å². The highest BCUT2D eigenvalue weighted by molar-refractivity contribution is 14.1. The predicted molar refractivity (Wildman–Crippen MR) is 80.7 cm³/mol. The molecule has 2 aromatic rings. The van der Waals surface area contributed by atoms with Crippen LogP contribution < -0.4 is 5.56 Å². The smallest absolute Gasteiger partial charge is 0.325 e. The van der Waals surface area contributed by atoms with Crippen LogP contribution in [0.2, 0.25) is 5.28 Å². The number of hydrogen-bond donors (Lipinski definition) is 0. The number of esters is 1. The van der Waals surface area contributed by atoms with Gasteiger partial charge in [0.25, 0.3) is 5.56 Å². The third-order valence-corrected chi connectivity index (χ3v) is 3.78. The molecule has 0 aromatic carbocycles. The van der Waals surface area contributed by atoms with E-state index in [2.05, 4.69) is 9.72 Å². The molecule has 0 saturated heterocycles. The zero-order valence-electron chi connectivity index (χ0n) is 10.7. The summed E-state index contributed by atoms with van der Waals surface area (Å²) in [6.07, 6.45) is 1.66. The summed E-state index contributed by atoms with van der Waals surface area (Å²) in [7, 11) is 2.76. The molecule has 0 aliphatic heterocycles. The quantitative estimate of drug-likeness (QED) is 0.430. The lowest BCUT2D eigenvalue weighted by atomic mass is 10.4. The van der Waals surface area contributed by atoms with Gasteiger partial charge in [-0.05, 0) is 34.2 Å². The molecule has 0 saturated carbocycles. The Labute approximate surface area is 132 Å². The first-order chi connectivity index (χ1) is 9.49. The second kappa shape index (κ2) is 6.10. The Kier molecular flexibility index (Phi) is 4.66. The minimum atomic E-state index is -0.433. The number of carbonyl (C=O) groups is 1.